The molecule has 0 radical (unpaired) electrons. The molecule has 3 N–H and O–H groups in total. The van der Waals surface area contributed by atoms with E-state index in [1.165, 1.54) is 32.1 Å². The number of unbranched alkanes of at least 4 members (excludes halogenated alkanes) is 9. The van der Waals surface area contributed by atoms with Gasteiger partial charge in [-0.2, -0.15) is 0 Å². The molecule has 0 bridgehead atoms. The van der Waals surface area contributed by atoms with E-state index in [4.69, 9.17) is 0 Å². The minimum Gasteiger partial charge on any atom is -0.373 e. The zero-order valence-electron chi connectivity index (χ0n) is 19.4. The fourth-order valence-electron chi connectivity index (χ4n) is 3.50. The highest BCUT2D eigenvalue weighted by molar-refractivity contribution is 7.53. The average molecular weight is 433 g/mol. The van der Waals surface area contributed by atoms with Crippen LogP contribution < -0.4 is 0 Å². The van der Waals surface area contributed by atoms with Crippen LogP contribution in [0.1, 0.15) is 90.4 Å². The average Bonchev–Trinajstić information content (AvgIpc) is 2.59. The van der Waals surface area contributed by atoms with Crippen LogP contribution in [0.2, 0.25) is 0 Å². The predicted octanol–water partition coefficient (Wildman–Crippen LogP) is 5.76. The van der Waals surface area contributed by atoms with E-state index in [1.54, 1.807) is 0 Å². The first-order chi connectivity index (χ1) is 13.5. The second-order valence-corrected chi connectivity index (χ2v) is 11.2. The molecule has 0 aliphatic rings. The Morgan fingerprint density at radius 1 is 0.759 bits per heavy atom. The lowest BCUT2D eigenvalue weighted by atomic mass is 10.1. The number of quaternary nitrogens is 1. The Bertz CT molecular complexity index is 507. The van der Waals surface area contributed by atoms with Crippen molar-refractivity contribution in [3.8, 4) is 0 Å². The van der Waals surface area contributed by atoms with Crippen LogP contribution in [0.25, 0.3) is 0 Å². The van der Waals surface area contributed by atoms with Crippen LogP contribution in [-0.2, 0) is 4.57 Å². The molecule has 172 valence electrons. The molecule has 1 atom stereocenters. The van der Waals surface area contributed by atoms with Crippen molar-refractivity contribution in [1.29, 1.82) is 0 Å². The van der Waals surface area contributed by atoms with Crippen molar-refractivity contribution >= 4 is 7.60 Å². The Kier molecular flexibility index (Phi) is 15.1. The van der Waals surface area contributed by atoms with Crippen LogP contribution in [0.5, 0.6) is 0 Å². The number of hydrogen-bond donors (Lipinski definition) is 3. The van der Waals surface area contributed by atoms with Gasteiger partial charge in [0.1, 0.15) is 6.54 Å². The van der Waals surface area contributed by atoms with E-state index in [0.29, 0.717) is 10.9 Å². The van der Waals surface area contributed by atoms with Gasteiger partial charge in [0.15, 0.2) is 0 Å². The maximum Gasteiger partial charge on any atom is 0.362 e. The van der Waals surface area contributed by atoms with Gasteiger partial charge in [0.05, 0.1) is 21.1 Å². The summed E-state index contributed by atoms with van der Waals surface area (Å²) < 4.78 is 12.1. The molecule has 0 spiro atoms. The molecule has 0 aromatic carbocycles. The van der Waals surface area contributed by atoms with Crippen LogP contribution in [0.15, 0.2) is 24.3 Å². The molecule has 6 heteroatoms. The van der Waals surface area contributed by atoms with E-state index >= 15 is 0 Å². The topological polar surface area (TPSA) is 77.8 Å². The van der Waals surface area contributed by atoms with Gasteiger partial charge in [0.2, 0.25) is 5.34 Å². The summed E-state index contributed by atoms with van der Waals surface area (Å²) in [6, 6.07) is 0. The third-order valence-electron chi connectivity index (χ3n) is 5.03. The molecule has 0 aromatic rings. The first-order valence-corrected chi connectivity index (χ1v) is 13.0. The molecule has 0 saturated heterocycles. The van der Waals surface area contributed by atoms with Crippen LogP contribution in [-0.4, -0.2) is 52.4 Å². The molecule has 0 aliphatic carbocycles. The second kappa shape index (κ2) is 15.4. The van der Waals surface area contributed by atoms with E-state index in [9.17, 15) is 19.5 Å². The number of nitrogens with zero attached hydrogens (tertiary/aromatic N) is 1. The maximum absolute atomic E-state index is 11.7. The first kappa shape index (κ1) is 28.5. The quantitative estimate of drug-likeness (QED) is 0.111. The summed E-state index contributed by atoms with van der Waals surface area (Å²) in [5.74, 6) is 0. The minimum atomic E-state index is -4.55. The van der Waals surface area contributed by atoms with Gasteiger partial charge in [0, 0.05) is 0 Å². The van der Waals surface area contributed by atoms with Gasteiger partial charge in [-0.3, -0.25) is 4.57 Å². The molecule has 0 aliphatic heterocycles. The van der Waals surface area contributed by atoms with Gasteiger partial charge in [-0.25, -0.2) is 0 Å². The van der Waals surface area contributed by atoms with Crippen molar-refractivity contribution in [1.82, 2.24) is 0 Å². The van der Waals surface area contributed by atoms with Gasteiger partial charge in [-0.15, -0.1) is 0 Å². The van der Waals surface area contributed by atoms with E-state index in [1.807, 2.05) is 21.1 Å². The maximum atomic E-state index is 11.7. The fraction of sp³-hybridized carbons (Fsp3) is 0.826. The Hall–Kier alpha value is -0.450. The van der Waals surface area contributed by atoms with Crippen molar-refractivity contribution in [2.45, 2.75) is 95.7 Å². The number of rotatable bonds is 18. The van der Waals surface area contributed by atoms with Crippen molar-refractivity contribution < 1.29 is 23.9 Å². The number of aliphatic hydroxyl groups is 1. The number of hydrogen-bond acceptors (Lipinski definition) is 2. The standard InChI is InChI=1S/C23H46NO4P/c1-5-6-7-8-9-10-11-12-13-14-15-16-17-18-19-20-21-23(25,29(26,27)28)22-24(2,3)4/h6-7,13-14,25H,5,8-12,15-22H2,1-4H3,(H-,26,27,28)/p+1/b7-6-,14-13-. The van der Waals surface area contributed by atoms with Gasteiger partial charge in [0.25, 0.3) is 0 Å². The van der Waals surface area contributed by atoms with Crippen LogP contribution >= 0.6 is 7.60 Å². The summed E-state index contributed by atoms with van der Waals surface area (Å²) in [7, 11) is 0.951. The fourth-order valence-corrected chi connectivity index (χ4v) is 4.56. The van der Waals surface area contributed by atoms with Crippen LogP contribution in [0.4, 0.5) is 0 Å². The molecular weight excluding hydrogens is 385 g/mol. The summed E-state index contributed by atoms with van der Waals surface area (Å²) in [5.41, 5.74) is 0. The Morgan fingerprint density at radius 2 is 1.17 bits per heavy atom. The Labute approximate surface area is 179 Å². The van der Waals surface area contributed by atoms with Crippen molar-refractivity contribution in [3.05, 3.63) is 24.3 Å². The smallest absolute Gasteiger partial charge is 0.362 e. The molecule has 5 nitrogen and oxygen atoms in total. The zero-order valence-corrected chi connectivity index (χ0v) is 20.2. The Morgan fingerprint density at radius 3 is 1.62 bits per heavy atom. The van der Waals surface area contributed by atoms with Crippen LogP contribution in [0, 0.1) is 0 Å². The van der Waals surface area contributed by atoms with Gasteiger partial charge in [-0.1, -0.05) is 56.9 Å². The molecule has 29 heavy (non-hydrogen) atoms. The van der Waals surface area contributed by atoms with Gasteiger partial charge >= 0.3 is 7.60 Å². The minimum absolute atomic E-state index is 0.0531. The third kappa shape index (κ3) is 16.0. The van der Waals surface area contributed by atoms with Crippen molar-refractivity contribution in [3.63, 3.8) is 0 Å². The van der Waals surface area contributed by atoms with E-state index < -0.39 is 12.9 Å². The molecular formula is C23H47NO4P+. The summed E-state index contributed by atoms with van der Waals surface area (Å²) in [6.45, 7) is 2.22. The SMILES string of the molecule is CC/C=C\CCCCC/C=C\CCCCCCCC(O)(C[N+](C)(C)C)P(=O)(O)O. The highest BCUT2D eigenvalue weighted by atomic mass is 31.2. The van der Waals surface area contributed by atoms with Crippen molar-refractivity contribution in [2.75, 3.05) is 27.7 Å². The molecule has 0 amide bonds. The molecule has 0 saturated carbocycles. The lowest BCUT2D eigenvalue weighted by molar-refractivity contribution is -0.875. The Balaban J connectivity index is 3.76. The second-order valence-electron chi connectivity index (χ2n) is 9.27. The summed E-state index contributed by atoms with van der Waals surface area (Å²) >= 11 is 0. The summed E-state index contributed by atoms with van der Waals surface area (Å²) in [6.07, 6.45) is 22.6. The lowest BCUT2D eigenvalue weighted by Crippen LogP contribution is -2.49. The summed E-state index contributed by atoms with van der Waals surface area (Å²) in [5, 5.41) is 8.59. The van der Waals surface area contributed by atoms with E-state index in [-0.39, 0.29) is 13.0 Å². The largest absolute Gasteiger partial charge is 0.373 e. The monoisotopic (exact) mass is 432 g/mol. The summed E-state index contributed by atoms with van der Waals surface area (Å²) in [4.78, 5) is 19.1. The van der Waals surface area contributed by atoms with Crippen LogP contribution in [0.3, 0.4) is 0 Å². The van der Waals surface area contributed by atoms with Gasteiger partial charge in [-0.05, 0) is 57.8 Å². The number of allylic oxidation sites excluding steroid dienone is 4. The van der Waals surface area contributed by atoms with Gasteiger partial charge < -0.3 is 19.4 Å². The zero-order chi connectivity index (χ0) is 22.2. The molecule has 0 rings (SSSR count). The molecule has 0 heterocycles. The number of likely N-dealkylation sites (N-methyl/N-ethyl adjacent to an activating group) is 1. The third-order valence-corrected chi connectivity index (χ3v) is 6.48. The molecule has 1 unspecified atom stereocenters. The highest BCUT2D eigenvalue weighted by Gasteiger charge is 2.48. The highest BCUT2D eigenvalue weighted by Crippen LogP contribution is 2.52. The van der Waals surface area contributed by atoms with E-state index in [2.05, 4.69) is 31.2 Å². The first-order valence-electron chi connectivity index (χ1n) is 11.4. The van der Waals surface area contributed by atoms with E-state index in [0.717, 1.165) is 38.5 Å². The lowest BCUT2D eigenvalue weighted by Gasteiger charge is -2.35. The van der Waals surface area contributed by atoms with Crippen molar-refractivity contribution in [2.24, 2.45) is 0 Å². The normalized spacial score (nSPS) is 15.4. The predicted molar refractivity (Wildman–Crippen MR) is 124 cm³/mol. The molecule has 0 aromatic heterocycles. The molecule has 0 fully saturated rings.